The summed E-state index contributed by atoms with van der Waals surface area (Å²) in [6, 6.07) is 18.3. The van der Waals surface area contributed by atoms with Crippen molar-refractivity contribution in [1.82, 2.24) is 14.8 Å². The van der Waals surface area contributed by atoms with E-state index in [1.165, 1.54) is 10.9 Å². The van der Waals surface area contributed by atoms with Crippen LogP contribution in [0.25, 0.3) is 11.6 Å². The van der Waals surface area contributed by atoms with E-state index < -0.39 is 0 Å². The SMILES string of the molecule is COc1ccc(CC(=O)n2nc(-c3ccco3)nc2NCc2ccccc2Cl)cc1. The lowest BCUT2D eigenvalue weighted by Crippen LogP contribution is -2.18. The van der Waals surface area contributed by atoms with Crippen molar-refractivity contribution in [3.63, 3.8) is 0 Å². The Balaban J connectivity index is 1.59. The molecule has 0 radical (unpaired) electrons. The number of ether oxygens (including phenoxy) is 1. The largest absolute Gasteiger partial charge is 0.497 e. The molecule has 8 heteroatoms. The Labute approximate surface area is 178 Å². The molecule has 0 aliphatic carbocycles. The first-order valence-electron chi connectivity index (χ1n) is 9.28. The lowest BCUT2D eigenvalue weighted by Gasteiger charge is -2.09. The summed E-state index contributed by atoms with van der Waals surface area (Å²) < 4.78 is 11.8. The first-order chi connectivity index (χ1) is 14.6. The van der Waals surface area contributed by atoms with Crippen LogP contribution in [0.3, 0.4) is 0 Å². The summed E-state index contributed by atoms with van der Waals surface area (Å²) in [6.45, 7) is 0.395. The van der Waals surface area contributed by atoms with Crippen LogP contribution >= 0.6 is 11.6 Å². The topological polar surface area (TPSA) is 82.2 Å². The Hall–Kier alpha value is -3.58. The molecule has 1 N–H and O–H groups in total. The Morgan fingerprint density at radius 2 is 1.93 bits per heavy atom. The van der Waals surface area contributed by atoms with E-state index in [4.69, 9.17) is 20.8 Å². The van der Waals surface area contributed by atoms with E-state index in [9.17, 15) is 4.79 Å². The maximum atomic E-state index is 13.0. The molecule has 0 saturated heterocycles. The summed E-state index contributed by atoms with van der Waals surface area (Å²) in [5.41, 5.74) is 1.73. The van der Waals surface area contributed by atoms with Crippen LogP contribution in [0, 0.1) is 0 Å². The van der Waals surface area contributed by atoms with Gasteiger partial charge < -0.3 is 14.5 Å². The maximum Gasteiger partial charge on any atom is 0.254 e. The number of aromatic nitrogens is 3. The van der Waals surface area contributed by atoms with E-state index in [0.29, 0.717) is 29.1 Å². The molecule has 7 nitrogen and oxygen atoms in total. The van der Waals surface area contributed by atoms with Crippen molar-refractivity contribution in [3.05, 3.63) is 83.1 Å². The van der Waals surface area contributed by atoms with Crippen LogP contribution < -0.4 is 10.1 Å². The van der Waals surface area contributed by atoms with E-state index in [1.54, 1.807) is 19.2 Å². The minimum atomic E-state index is -0.230. The average molecular weight is 423 g/mol. The summed E-state index contributed by atoms with van der Waals surface area (Å²) in [7, 11) is 1.60. The van der Waals surface area contributed by atoms with Gasteiger partial charge in [-0.15, -0.1) is 5.10 Å². The van der Waals surface area contributed by atoms with Gasteiger partial charge in [0.15, 0.2) is 5.76 Å². The number of carbonyl (C=O) groups is 1. The quantitative estimate of drug-likeness (QED) is 0.465. The van der Waals surface area contributed by atoms with Gasteiger partial charge in [-0.2, -0.15) is 9.67 Å². The number of hydrogen-bond acceptors (Lipinski definition) is 6. The summed E-state index contributed by atoms with van der Waals surface area (Å²) in [4.78, 5) is 17.4. The number of nitrogens with zero attached hydrogens (tertiary/aromatic N) is 3. The molecule has 2 heterocycles. The summed E-state index contributed by atoms with van der Waals surface area (Å²) in [6.07, 6.45) is 1.69. The second kappa shape index (κ2) is 8.84. The fraction of sp³-hybridized carbons (Fsp3) is 0.136. The van der Waals surface area contributed by atoms with Crippen LogP contribution in [0.15, 0.2) is 71.3 Å². The molecule has 0 aliphatic rings. The Bertz CT molecular complexity index is 1140. The van der Waals surface area contributed by atoms with Crippen molar-refractivity contribution in [1.29, 1.82) is 0 Å². The van der Waals surface area contributed by atoms with Crippen LogP contribution in [-0.4, -0.2) is 27.8 Å². The van der Waals surface area contributed by atoms with Crippen LogP contribution in [0.2, 0.25) is 5.02 Å². The molecule has 4 rings (SSSR count). The molecule has 0 unspecified atom stereocenters. The van der Waals surface area contributed by atoms with Crippen molar-refractivity contribution in [2.75, 3.05) is 12.4 Å². The Morgan fingerprint density at radius 3 is 2.63 bits per heavy atom. The van der Waals surface area contributed by atoms with Crippen LogP contribution in [-0.2, 0) is 13.0 Å². The summed E-state index contributed by atoms with van der Waals surface area (Å²) in [5.74, 6) is 1.62. The fourth-order valence-electron chi connectivity index (χ4n) is 2.92. The third kappa shape index (κ3) is 4.36. The second-order valence-electron chi connectivity index (χ2n) is 6.51. The van der Waals surface area contributed by atoms with Gasteiger partial charge in [-0.3, -0.25) is 4.79 Å². The van der Waals surface area contributed by atoms with Gasteiger partial charge in [-0.25, -0.2) is 0 Å². The van der Waals surface area contributed by atoms with Crippen molar-refractivity contribution >= 4 is 23.5 Å². The molecule has 30 heavy (non-hydrogen) atoms. The zero-order valence-corrected chi connectivity index (χ0v) is 17.0. The van der Waals surface area contributed by atoms with E-state index in [-0.39, 0.29) is 12.3 Å². The highest BCUT2D eigenvalue weighted by molar-refractivity contribution is 6.31. The first-order valence-corrected chi connectivity index (χ1v) is 9.66. The predicted molar refractivity (Wildman–Crippen MR) is 114 cm³/mol. The van der Waals surface area contributed by atoms with Crippen LogP contribution in [0.1, 0.15) is 15.9 Å². The summed E-state index contributed by atoms with van der Waals surface area (Å²) >= 11 is 6.24. The highest BCUT2D eigenvalue weighted by atomic mass is 35.5. The molecule has 2 aromatic heterocycles. The summed E-state index contributed by atoms with van der Waals surface area (Å²) in [5, 5.41) is 8.15. The van der Waals surface area contributed by atoms with Crippen LogP contribution in [0.5, 0.6) is 5.75 Å². The molecule has 4 aromatic rings. The molecular weight excluding hydrogens is 404 g/mol. The number of furan rings is 1. The molecule has 0 aliphatic heterocycles. The predicted octanol–water partition coefficient (Wildman–Crippen LogP) is 4.70. The fourth-order valence-corrected chi connectivity index (χ4v) is 3.12. The lowest BCUT2D eigenvalue weighted by molar-refractivity contribution is 0.0901. The molecule has 0 spiro atoms. The maximum absolute atomic E-state index is 13.0. The third-order valence-electron chi connectivity index (χ3n) is 4.49. The van der Waals surface area contributed by atoms with Crippen molar-refractivity contribution < 1.29 is 13.9 Å². The van der Waals surface area contributed by atoms with Crippen LogP contribution in [0.4, 0.5) is 5.95 Å². The number of benzene rings is 2. The molecule has 0 saturated carbocycles. The minimum Gasteiger partial charge on any atom is -0.497 e. The zero-order chi connectivity index (χ0) is 20.9. The number of anilines is 1. The number of carbonyl (C=O) groups excluding carboxylic acids is 1. The molecule has 0 amide bonds. The molecule has 0 atom stereocenters. The van der Waals surface area contributed by atoms with E-state index in [2.05, 4.69) is 15.4 Å². The van der Waals surface area contributed by atoms with Gasteiger partial charge in [0.1, 0.15) is 5.75 Å². The van der Waals surface area contributed by atoms with Gasteiger partial charge in [0.25, 0.3) is 5.91 Å². The molecule has 0 fully saturated rings. The van der Waals surface area contributed by atoms with E-state index in [1.807, 2.05) is 48.5 Å². The molecule has 152 valence electrons. The number of rotatable bonds is 7. The smallest absolute Gasteiger partial charge is 0.254 e. The van der Waals surface area contributed by atoms with Gasteiger partial charge in [-0.05, 0) is 41.5 Å². The van der Waals surface area contributed by atoms with Gasteiger partial charge >= 0.3 is 0 Å². The Kier molecular flexibility index (Phi) is 5.81. The number of halogens is 1. The highest BCUT2D eigenvalue weighted by Gasteiger charge is 2.19. The molecule has 0 bridgehead atoms. The minimum absolute atomic E-state index is 0.158. The van der Waals surface area contributed by atoms with Gasteiger partial charge in [0.05, 0.1) is 19.8 Å². The number of nitrogens with one attached hydrogen (secondary N) is 1. The van der Waals surface area contributed by atoms with E-state index >= 15 is 0 Å². The monoisotopic (exact) mass is 422 g/mol. The molecule has 2 aromatic carbocycles. The van der Waals surface area contributed by atoms with Gasteiger partial charge in [0.2, 0.25) is 11.8 Å². The van der Waals surface area contributed by atoms with Crippen molar-refractivity contribution in [3.8, 4) is 17.3 Å². The normalized spacial score (nSPS) is 10.7. The van der Waals surface area contributed by atoms with Crippen molar-refractivity contribution in [2.45, 2.75) is 13.0 Å². The van der Waals surface area contributed by atoms with E-state index in [0.717, 1.165) is 16.9 Å². The Morgan fingerprint density at radius 1 is 1.13 bits per heavy atom. The lowest BCUT2D eigenvalue weighted by atomic mass is 10.1. The highest BCUT2D eigenvalue weighted by Crippen LogP contribution is 2.21. The second-order valence-corrected chi connectivity index (χ2v) is 6.92. The molecular formula is C22H19ClN4O3. The average Bonchev–Trinajstić information content (AvgIpc) is 3.44. The van der Waals surface area contributed by atoms with Crippen molar-refractivity contribution in [2.24, 2.45) is 0 Å². The standard InChI is InChI=1S/C22H19ClN4O3/c1-29-17-10-8-15(9-11-17)13-20(28)27-22(24-14-16-5-2-3-6-18(16)23)25-21(26-27)19-7-4-12-30-19/h2-12H,13-14H2,1H3,(H,24,25,26). The third-order valence-corrected chi connectivity index (χ3v) is 4.86. The first kappa shape index (κ1) is 19.7. The van der Waals surface area contributed by atoms with Gasteiger partial charge in [-0.1, -0.05) is 41.9 Å². The van der Waals surface area contributed by atoms with Gasteiger partial charge in [0, 0.05) is 11.6 Å². The zero-order valence-electron chi connectivity index (χ0n) is 16.2. The number of hydrogen-bond donors (Lipinski definition) is 1. The number of methoxy groups -OCH3 is 1.